The lowest BCUT2D eigenvalue weighted by molar-refractivity contribution is -0.132. The summed E-state index contributed by atoms with van der Waals surface area (Å²) in [6.45, 7) is 6.14. The van der Waals surface area contributed by atoms with Gasteiger partial charge in [-0.15, -0.1) is 0 Å². The minimum Gasteiger partial charge on any atom is -0.343 e. The Hall–Kier alpha value is -3.48. The molecule has 0 radical (unpaired) electrons. The highest BCUT2D eigenvalue weighted by atomic mass is 16.5. The lowest BCUT2D eigenvalue weighted by Crippen LogP contribution is -2.38. The fourth-order valence-electron chi connectivity index (χ4n) is 4.32. The van der Waals surface area contributed by atoms with Gasteiger partial charge in [-0.3, -0.25) is 9.48 Å². The zero-order valence-electron chi connectivity index (χ0n) is 18.5. The third-order valence-corrected chi connectivity index (χ3v) is 6.29. The number of amides is 1. The fraction of sp³-hybridized carbons (Fsp3) is 0.360. The topological polar surface area (TPSA) is 77.0 Å². The number of piperidine rings is 1. The van der Waals surface area contributed by atoms with Gasteiger partial charge in [0.1, 0.15) is 0 Å². The molecule has 0 spiro atoms. The fourth-order valence-corrected chi connectivity index (χ4v) is 4.32. The summed E-state index contributed by atoms with van der Waals surface area (Å²) in [5.74, 6) is 1.67. The molecule has 0 aliphatic carbocycles. The van der Waals surface area contributed by atoms with Crippen molar-refractivity contribution < 1.29 is 9.32 Å². The van der Waals surface area contributed by atoms with Crippen LogP contribution in [-0.4, -0.2) is 43.8 Å². The van der Waals surface area contributed by atoms with Gasteiger partial charge in [-0.25, -0.2) is 0 Å². The standard InChI is InChI=1S/C25H27N5O2/c1-17-3-6-19(7-4-17)24-27-25(32-28-24)20-9-12-29(13-10-20)23(31)11-14-30-22-15-18(2)5-8-21(22)16-26-30/h3-8,15-16,20H,9-14H2,1-2H3. The lowest BCUT2D eigenvalue weighted by atomic mass is 9.96. The Bertz CT molecular complexity index is 1230. The predicted molar refractivity (Wildman–Crippen MR) is 122 cm³/mol. The number of hydrogen-bond acceptors (Lipinski definition) is 5. The highest BCUT2D eigenvalue weighted by Gasteiger charge is 2.27. The van der Waals surface area contributed by atoms with Gasteiger partial charge in [0.25, 0.3) is 0 Å². The second-order valence-electron chi connectivity index (χ2n) is 8.66. The molecule has 0 atom stereocenters. The van der Waals surface area contributed by atoms with E-state index in [0.717, 1.165) is 29.3 Å². The lowest BCUT2D eigenvalue weighted by Gasteiger charge is -2.30. The third kappa shape index (κ3) is 4.15. The molecule has 3 heterocycles. The van der Waals surface area contributed by atoms with E-state index >= 15 is 0 Å². The molecule has 0 N–H and O–H groups in total. The monoisotopic (exact) mass is 429 g/mol. The minimum atomic E-state index is 0.172. The van der Waals surface area contributed by atoms with Crippen LogP contribution >= 0.6 is 0 Å². The first-order valence-electron chi connectivity index (χ1n) is 11.2. The summed E-state index contributed by atoms with van der Waals surface area (Å²) in [6.07, 6.45) is 3.99. The number of likely N-dealkylation sites (tertiary alicyclic amines) is 1. The van der Waals surface area contributed by atoms with Gasteiger partial charge in [0.05, 0.1) is 18.3 Å². The van der Waals surface area contributed by atoms with Gasteiger partial charge < -0.3 is 9.42 Å². The van der Waals surface area contributed by atoms with E-state index in [2.05, 4.69) is 47.3 Å². The van der Waals surface area contributed by atoms with Crippen molar-refractivity contribution in [2.75, 3.05) is 13.1 Å². The van der Waals surface area contributed by atoms with Crippen molar-refractivity contribution >= 4 is 16.8 Å². The Morgan fingerprint density at radius 2 is 1.81 bits per heavy atom. The van der Waals surface area contributed by atoms with Gasteiger partial charge in [0.15, 0.2) is 0 Å². The van der Waals surface area contributed by atoms with Gasteiger partial charge in [-0.1, -0.05) is 47.1 Å². The van der Waals surface area contributed by atoms with Crippen LogP contribution in [0.4, 0.5) is 0 Å². The molecule has 1 aliphatic heterocycles. The molecular weight excluding hydrogens is 402 g/mol. The van der Waals surface area contributed by atoms with Crippen LogP contribution in [0, 0.1) is 13.8 Å². The molecule has 1 fully saturated rings. The minimum absolute atomic E-state index is 0.172. The molecule has 0 bridgehead atoms. The molecule has 2 aromatic carbocycles. The zero-order chi connectivity index (χ0) is 22.1. The average molecular weight is 430 g/mol. The first-order chi connectivity index (χ1) is 15.6. The number of fused-ring (bicyclic) bond motifs is 1. The maximum atomic E-state index is 12.8. The summed E-state index contributed by atoms with van der Waals surface area (Å²) in [6, 6.07) is 14.4. The van der Waals surface area contributed by atoms with Crippen LogP contribution in [0.2, 0.25) is 0 Å². The zero-order valence-corrected chi connectivity index (χ0v) is 18.5. The Morgan fingerprint density at radius 3 is 2.59 bits per heavy atom. The summed E-state index contributed by atoms with van der Waals surface area (Å²) in [5, 5.41) is 9.72. The van der Waals surface area contributed by atoms with Gasteiger partial charge in [0.2, 0.25) is 17.6 Å². The van der Waals surface area contributed by atoms with Crippen LogP contribution in [0.5, 0.6) is 0 Å². The number of aryl methyl sites for hydroxylation is 3. The van der Waals surface area contributed by atoms with Crippen molar-refractivity contribution in [3.05, 3.63) is 65.7 Å². The van der Waals surface area contributed by atoms with Gasteiger partial charge in [0, 0.05) is 36.4 Å². The summed E-state index contributed by atoms with van der Waals surface area (Å²) in [4.78, 5) is 19.4. The summed E-state index contributed by atoms with van der Waals surface area (Å²) in [5.41, 5.74) is 4.43. The van der Waals surface area contributed by atoms with Crippen molar-refractivity contribution in [3.8, 4) is 11.4 Å². The molecular formula is C25H27N5O2. The van der Waals surface area contributed by atoms with Crippen molar-refractivity contribution in [2.45, 2.75) is 45.6 Å². The Labute approximate surface area is 187 Å². The van der Waals surface area contributed by atoms with E-state index in [-0.39, 0.29) is 11.8 Å². The smallest absolute Gasteiger partial charge is 0.230 e. The molecule has 7 heteroatoms. The molecule has 5 rings (SSSR count). The third-order valence-electron chi connectivity index (χ3n) is 6.29. The molecule has 164 valence electrons. The largest absolute Gasteiger partial charge is 0.343 e. The Kier molecular flexibility index (Phi) is 5.47. The van der Waals surface area contributed by atoms with Crippen molar-refractivity contribution in [2.24, 2.45) is 0 Å². The molecule has 32 heavy (non-hydrogen) atoms. The van der Waals surface area contributed by atoms with Gasteiger partial charge >= 0.3 is 0 Å². The molecule has 1 aliphatic rings. The molecule has 0 saturated carbocycles. The van der Waals surface area contributed by atoms with Crippen molar-refractivity contribution in [1.29, 1.82) is 0 Å². The molecule has 1 amide bonds. The second kappa shape index (κ2) is 8.57. The van der Waals surface area contributed by atoms with E-state index in [9.17, 15) is 4.79 Å². The van der Waals surface area contributed by atoms with E-state index in [4.69, 9.17) is 4.52 Å². The van der Waals surface area contributed by atoms with Gasteiger partial charge in [-0.2, -0.15) is 10.1 Å². The first-order valence-corrected chi connectivity index (χ1v) is 11.2. The van der Waals surface area contributed by atoms with Crippen LogP contribution in [0.25, 0.3) is 22.3 Å². The predicted octanol–water partition coefficient (Wildman–Crippen LogP) is 4.50. The number of carbonyl (C=O) groups is 1. The normalized spacial score (nSPS) is 14.9. The van der Waals surface area contributed by atoms with E-state index < -0.39 is 0 Å². The van der Waals surface area contributed by atoms with Crippen molar-refractivity contribution in [1.82, 2.24) is 24.8 Å². The SMILES string of the molecule is Cc1ccc(-c2noc(C3CCN(C(=O)CCn4ncc5ccc(C)cc54)CC3)n2)cc1. The highest BCUT2D eigenvalue weighted by molar-refractivity contribution is 5.80. The van der Waals surface area contributed by atoms with E-state index in [1.165, 1.54) is 11.1 Å². The number of aromatic nitrogens is 4. The number of nitrogens with zero attached hydrogens (tertiary/aromatic N) is 5. The van der Waals surface area contributed by atoms with E-state index in [1.807, 2.05) is 40.0 Å². The van der Waals surface area contributed by atoms with E-state index in [1.54, 1.807) is 0 Å². The first kappa shape index (κ1) is 20.4. The second-order valence-corrected chi connectivity index (χ2v) is 8.66. The average Bonchev–Trinajstić information content (AvgIpc) is 3.45. The molecule has 7 nitrogen and oxygen atoms in total. The quantitative estimate of drug-likeness (QED) is 0.467. The summed E-state index contributed by atoms with van der Waals surface area (Å²) >= 11 is 0. The number of benzene rings is 2. The Balaban J connectivity index is 1.16. The number of hydrogen-bond donors (Lipinski definition) is 0. The maximum absolute atomic E-state index is 12.8. The van der Waals surface area contributed by atoms with Crippen LogP contribution in [0.1, 0.15) is 42.2 Å². The van der Waals surface area contributed by atoms with Gasteiger partial charge in [-0.05, 0) is 38.3 Å². The molecule has 0 unspecified atom stereocenters. The maximum Gasteiger partial charge on any atom is 0.230 e. The number of rotatable bonds is 5. The van der Waals surface area contributed by atoms with Crippen LogP contribution < -0.4 is 0 Å². The van der Waals surface area contributed by atoms with Crippen molar-refractivity contribution in [3.63, 3.8) is 0 Å². The Morgan fingerprint density at radius 1 is 1.06 bits per heavy atom. The van der Waals surface area contributed by atoms with Crippen LogP contribution in [-0.2, 0) is 11.3 Å². The molecule has 4 aromatic rings. The summed E-state index contributed by atoms with van der Waals surface area (Å²) < 4.78 is 7.48. The molecule has 1 saturated heterocycles. The number of carbonyl (C=O) groups excluding carboxylic acids is 1. The summed E-state index contributed by atoms with van der Waals surface area (Å²) in [7, 11) is 0. The molecule has 2 aromatic heterocycles. The highest BCUT2D eigenvalue weighted by Crippen LogP contribution is 2.29. The van der Waals surface area contributed by atoms with Crippen LogP contribution in [0.3, 0.4) is 0 Å². The van der Waals surface area contributed by atoms with Crippen LogP contribution in [0.15, 0.2) is 53.2 Å². The van der Waals surface area contributed by atoms with E-state index in [0.29, 0.717) is 37.8 Å².